The van der Waals surface area contributed by atoms with Crippen molar-refractivity contribution < 1.29 is 9.32 Å². The van der Waals surface area contributed by atoms with E-state index in [0.29, 0.717) is 17.8 Å². The molecular weight excluding hydrogens is 280 g/mol. The van der Waals surface area contributed by atoms with Gasteiger partial charge in [0.2, 0.25) is 0 Å². The maximum Gasteiger partial charge on any atom is 0.315 e. The van der Waals surface area contributed by atoms with Crippen molar-refractivity contribution >= 4 is 17.0 Å². The van der Waals surface area contributed by atoms with Crippen molar-refractivity contribution in [3.8, 4) is 0 Å². The molecule has 0 spiro atoms. The van der Waals surface area contributed by atoms with Gasteiger partial charge in [-0.3, -0.25) is 4.98 Å². The number of nitrogens with one attached hydrogen (secondary N) is 2. The topological polar surface area (TPSA) is 80.0 Å². The van der Waals surface area contributed by atoms with E-state index >= 15 is 0 Å². The van der Waals surface area contributed by atoms with Crippen molar-refractivity contribution in [3.05, 3.63) is 60.0 Å². The van der Waals surface area contributed by atoms with E-state index in [-0.39, 0.29) is 12.1 Å². The lowest BCUT2D eigenvalue weighted by Crippen LogP contribution is -2.36. The molecule has 0 bridgehead atoms. The third-order valence-electron chi connectivity index (χ3n) is 3.40. The number of nitrogens with zero attached hydrogens (tertiary/aromatic N) is 2. The standard InChI is InChI=1S/C16H16N4O2/c1-11(12-5-4-8-17-9-12)19-16(21)18-10-14-13-6-2-3-7-15(13)22-20-14/h2-9,11H,10H2,1H3,(H2,18,19,21). The lowest BCUT2D eigenvalue weighted by Gasteiger charge is -2.14. The third kappa shape index (κ3) is 3.06. The molecular formula is C16H16N4O2. The van der Waals surface area contributed by atoms with Crippen molar-refractivity contribution in [1.29, 1.82) is 0 Å². The molecule has 0 radical (unpaired) electrons. The number of hydrogen-bond acceptors (Lipinski definition) is 4. The van der Waals surface area contributed by atoms with Crippen LogP contribution < -0.4 is 10.6 Å². The maximum atomic E-state index is 12.0. The van der Waals surface area contributed by atoms with Crippen LogP contribution in [0.2, 0.25) is 0 Å². The number of para-hydroxylation sites is 1. The Balaban J connectivity index is 1.58. The number of pyridine rings is 1. The molecule has 1 atom stereocenters. The molecule has 0 fully saturated rings. The van der Waals surface area contributed by atoms with Gasteiger partial charge in [-0.1, -0.05) is 23.4 Å². The fourth-order valence-electron chi connectivity index (χ4n) is 2.19. The summed E-state index contributed by atoms with van der Waals surface area (Å²) in [4.78, 5) is 16.0. The van der Waals surface area contributed by atoms with E-state index in [2.05, 4.69) is 20.8 Å². The van der Waals surface area contributed by atoms with Crippen molar-refractivity contribution in [1.82, 2.24) is 20.8 Å². The Hall–Kier alpha value is -2.89. The highest BCUT2D eigenvalue weighted by molar-refractivity contribution is 5.80. The first-order valence-corrected chi connectivity index (χ1v) is 7.01. The second kappa shape index (κ2) is 6.26. The monoisotopic (exact) mass is 296 g/mol. The molecule has 2 heterocycles. The summed E-state index contributed by atoms with van der Waals surface area (Å²) < 4.78 is 5.20. The van der Waals surface area contributed by atoms with E-state index in [9.17, 15) is 4.79 Å². The van der Waals surface area contributed by atoms with Gasteiger partial charge < -0.3 is 15.2 Å². The van der Waals surface area contributed by atoms with Crippen LogP contribution in [0.4, 0.5) is 4.79 Å². The van der Waals surface area contributed by atoms with Crippen LogP contribution >= 0.6 is 0 Å². The van der Waals surface area contributed by atoms with E-state index in [0.717, 1.165) is 10.9 Å². The second-order valence-corrected chi connectivity index (χ2v) is 4.96. The summed E-state index contributed by atoms with van der Waals surface area (Å²) in [5.41, 5.74) is 2.37. The van der Waals surface area contributed by atoms with Crippen LogP contribution in [-0.4, -0.2) is 16.2 Å². The Morgan fingerprint density at radius 1 is 1.27 bits per heavy atom. The van der Waals surface area contributed by atoms with Gasteiger partial charge in [0.05, 0.1) is 12.6 Å². The normalized spacial score (nSPS) is 12.0. The van der Waals surface area contributed by atoms with Crippen molar-refractivity contribution in [2.45, 2.75) is 19.5 Å². The van der Waals surface area contributed by atoms with Crippen LogP contribution in [0.25, 0.3) is 11.0 Å². The maximum absolute atomic E-state index is 12.0. The summed E-state index contributed by atoms with van der Waals surface area (Å²) in [5, 5.41) is 10.5. The highest BCUT2D eigenvalue weighted by Crippen LogP contribution is 2.17. The number of rotatable bonds is 4. The quantitative estimate of drug-likeness (QED) is 0.776. The van der Waals surface area contributed by atoms with Crippen molar-refractivity contribution in [2.75, 3.05) is 0 Å². The number of amides is 2. The second-order valence-electron chi connectivity index (χ2n) is 4.96. The fraction of sp³-hybridized carbons (Fsp3) is 0.188. The number of hydrogen-bond donors (Lipinski definition) is 2. The average molecular weight is 296 g/mol. The molecule has 2 N–H and O–H groups in total. The van der Waals surface area contributed by atoms with Gasteiger partial charge in [0.15, 0.2) is 5.58 Å². The number of carbonyl (C=O) groups is 1. The molecule has 2 aromatic heterocycles. The molecule has 6 nitrogen and oxygen atoms in total. The van der Waals surface area contributed by atoms with Crippen LogP contribution in [0.5, 0.6) is 0 Å². The van der Waals surface area contributed by atoms with E-state index < -0.39 is 0 Å². The molecule has 0 aliphatic carbocycles. The summed E-state index contributed by atoms with van der Waals surface area (Å²) in [6, 6.07) is 10.9. The molecule has 3 aromatic rings. The van der Waals surface area contributed by atoms with Gasteiger partial charge in [-0.2, -0.15) is 0 Å². The zero-order valence-corrected chi connectivity index (χ0v) is 12.1. The zero-order valence-electron chi connectivity index (χ0n) is 12.1. The smallest absolute Gasteiger partial charge is 0.315 e. The van der Waals surface area contributed by atoms with E-state index in [1.165, 1.54) is 0 Å². The lowest BCUT2D eigenvalue weighted by molar-refractivity contribution is 0.237. The Morgan fingerprint density at radius 2 is 2.14 bits per heavy atom. The molecule has 3 rings (SSSR count). The Labute approximate surface area is 127 Å². The van der Waals surface area contributed by atoms with Gasteiger partial charge in [-0.05, 0) is 30.7 Å². The van der Waals surface area contributed by atoms with Crippen molar-refractivity contribution in [2.24, 2.45) is 0 Å². The number of carbonyl (C=O) groups excluding carboxylic acids is 1. The van der Waals surface area contributed by atoms with Gasteiger partial charge in [0.25, 0.3) is 0 Å². The molecule has 0 aliphatic rings. The minimum Gasteiger partial charge on any atom is -0.356 e. The van der Waals surface area contributed by atoms with Gasteiger partial charge in [0, 0.05) is 17.8 Å². The predicted molar refractivity (Wildman–Crippen MR) is 82.0 cm³/mol. The molecule has 1 unspecified atom stereocenters. The Morgan fingerprint density at radius 3 is 2.95 bits per heavy atom. The predicted octanol–water partition coefficient (Wildman–Crippen LogP) is 2.78. The summed E-state index contributed by atoms with van der Waals surface area (Å²) in [7, 11) is 0. The molecule has 0 saturated heterocycles. The minimum atomic E-state index is -0.261. The molecule has 1 aromatic carbocycles. The number of urea groups is 1. The van der Waals surface area contributed by atoms with Crippen LogP contribution in [0.3, 0.4) is 0 Å². The largest absolute Gasteiger partial charge is 0.356 e. The van der Waals surface area contributed by atoms with Crippen LogP contribution in [-0.2, 0) is 6.54 Å². The van der Waals surface area contributed by atoms with E-state index in [1.54, 1.807) is 12.4 Å². The summed E-state index contributed by atoms with van der Waals surface area (Å²) in [5.74, 6) is 0. The highest BCUT2D eigenvalue weighted by Gasteiger charge is 2.11. The van der Waals surface area contributed by atoms with E-state index in [4.69, 9.17) is 4.52 Å². The zero-order chi connectivity index (χ0) is 15.4. The Bertz CT molecular complexity index is 770. The summed E-state index contributed by atoms with van der Waals surface area (Å²) in [6.07, 6.45) is 3.43. The molecule has 0 aliphatic heterocycles. The average Bonchev–Trinajstić information content (AvgIpc) is 2.97. The number of aromatic nitrogens is 2. The molecule has 112 valence electrons. The molecule has 2 amide bonds. The van der Waals surface area contributed by atoms with Gasteiger partial charge in [0.1, 0.15) is 5.69 Å². The fourth-order valence-corrected chi connectivity index (χ4v) is 2.19. The first kappa shape index (κ1) is 14.1. The van der Waals surface area contributed by atoms with Crippen LogP contribution in [0, 0.1) is 0 Å². The highest BCUT2D eigenvalue weighted by atomic mass is 16.5. The summed E-state index contributed by atoms with van der Waals surface area (Å²) in [6.45, 7) is 2.21. The van der Waals surface area contributed by atoms with Crippen LogP contribution in [0.15, 0.2) is 53.3 Å². The Kier molecular flexibility index (Phi) is 4.00. The third-order valence-corrected chi connectivity index (χ3v) is 3.40. The molecule has 22 heavy (non-hydrogen) atoms. The SMILES string of the molecule is CC(NC(=O)NCc1noc2ccccc12)c1cccnc1. The van der Waals surface area contributed by atoms with Crippen LogP contribution in [0.1, 0.15) is 24.2 Å². The lowest BCUT2D eigenvalue weighted by atomic mass is 10.1. The number of fused-ring (bicyclic) bond motifs is 1. The van der Waals surface area contributed by atoms with Gasteiger partial charge in [-0.15, -0.1) is 0 Å². The molecule has 6 heteroatoms. The first-order valence-electron chi connectivity index (χ1n) is 7.01. The van der Waals surface area contributed by atoms with Crippen molar-refractivity contribution in [3.63, 3.8) is 0 Å². The van der Waals surface area contributed by atoms with Gasteiger partial charge >= 0.3 is 6.03 Å². The van der Waals surface area contributed by atoms with Gasteiger partial charge in [-0.25, -0.2) is 4.79 Å². The first-order chi connectivity index (χ1) is 10.7. The molecule has 0 saturated carbocycles. The summed E-state index contributed by atoms with van der Waals surface area (Å²) >= 11 is 0. The number of benzene rings is 1. The minimum absolute atomic E-state index is 0.122. The van der Waals surface area contributed by atoms with E-state index in [1.807, 2.05) is 43.3 Å².